The SMILES string of the molecule is CC(C)(C)[Si](C)(C)OC1CO[C@H]2[C@@H]1OC[C@H]2Oc1nc2cc(-c3ccc(-c4ccc(S(=O)(=O)NCCOCCO)cc4)cc3)c(Cl)cc2n1COCC[Si](C)(C)C. The molecule has 4 atom stereocenters. The molecule has 0 radical (unpaired) electrons. The van der Waals surface area contributed by atoms with Crippen LogP contribution in [0.3, 0.4) is 0 Å². The first kappa shape index (κ1) is 43.9. The van der Waals surface area contributed by atoms with Gasteiger partial charge in [-0.2, -0.15) is 4.98 Å². The van der Waals surface area contributed by atoms with Gasteiger partial charge in [0.2, 0.25) is 10.0 Å². The van der Waals surface area contributed by atoms with E-state index in [4.69, 9.17) is 49.8 Å². The van der Waals surface area contributed by atoms with E-state index in [9.17, 15) is 8.42 Å². The second kappa shape index (κ2) is 17.9. The van der Waals surface area contributed by atoms with Crippen molar-refractivity contribution in [2.24, 2.45) is 0 Å². The molecule has 0 amide bonds. The van der Waals surface area contributed by atoms with Gasteiger partial charge < -0.3 is 33.2 Å². The number of ether oxygens (including phenoxy) is 5. The van der Waals surface area contributed by atoms with Gasteiger partial charge in [-0.1, -0.05) is 88.4 Å². The minimum absolute atomic E-state index is 0.0680. The average Bonchev–Trinajstić information content (AvgIpc) is 3.83. The summed E-state index contributed by atoms with van der Waals surface area (Å²) in [5, 5.41) is 9.44. The predicted octanol–water partition coefficient (Wildman–Crippen LogP) is 7.56. The molecule has 6 rings (SSSR count). The van der Waals surface area contributed by atoms with Crippen LogP contribution >= 0.6 is 11.6 Å². The number of hydrogen-bond acceptors (Lipinski definition) is 10. The Morgan fingerprint density at radius 1 is 0.877 bits per heavy atom. The van der Waals surface area contributed by atoms with Crippen molar-refractivity contribution in [1.29, 1.82) is 0 Å². The predicted molar refractivity (Wildman–Crippen MR) is 229 cm³/mol. The van der Waals surface area contributed by atoms with E-state index in [1.54, 1.807) is 24.3 Å². The number of nitrogens with one attached hydrogen (secondary N) is 1. The molecular weight excluding hydrogens is 802 g/mol. The highest BCUT2D eigenvalue weighted by atomic mass is 35.5. The van der Waals surface area contributed by atoms with Crippen LogP contribution in [0.4, 0.5) is 0 Å². The van der Waals surface area contributed by atoms with Crippen LogP contribution in [-0.4, -0.2) is 110 Å². The number of nitrogens with zero attached hydrogens (tertiary/aromatic N) is 2. The molecule has 2 aliphatic rings. The third kappa shape index (κ3) is 10.6. The van der Waals surface area contributed by atoms with Crippen LogP contribution in [0, 0.1) is 0 Å². The van der Waals surface area contributed by atoms with Crippen molar-refractivity contribution in [3.63, 3.8) is 0 Å². The summed E-state index contributed by atoms with van der Waals surface area (Å²) in [6.45, 7) is 20.2. The van der Waals surface area contributed by atoms with E-state index in [2.05, 4.69) is 58.2 Å². The van der Waals surface area contributed by atoms with Crippen molar-refractivity contribution in [3.05, 3.63) is 65.7 Å². The summed E-state index contributed by atoms with van der Waals surface area (Å²) in [6, 6.07) is 20.0. The Hall–Kier alpha value is -2.68. The van der Waals surface area contributed by atoms with Gasteiger partial charge in [0.15, 0.2) is 14.4 Å². The highest BCUT2D eigenvalue weighted by Crippen LogP contribution is 2.41. The number of rotatable bonds is 18. The Labute approximate surface area is 344 Å². The average molecular weight is 861 g/mol. The number of aromatic nitrogens is 2. The van der Waals surface area contributed by atoms with E-state index in [-0.39, 0.29) is 67.4 Å². The molecule has 0 bridgehead atoms. The van der Waals surface area contributed by atoms with Crippen LogP contribution in [0.2, 0.25) is 48.8 Å². The number of aliphatic hydroxyl groups excluding tert-OH is 1. The van der Waals surface area contributed by atoms with Gasteiger partial charge in [-0.05, 0) is 65.1 Å². The maximum absolute atomic E-state index is 12.7. The molecule has 312 valence electrons. The molecular formula is C41H58ClN3O9SSi2. The lowest BCUT2D eigenvalue weighted by Gasteiger charge is -2.39. The second-order valence-electron chi connectivity index (χ2n) is 17.5. The molecule has 0 spiro atoms. The van der Waals surface area contributed by atoms with Crippen LogP contribution in [-0.2, 0) is 40.1 Å². The largest absolute Gasteiger partial charge is 0.456 e. The lowest BCUT2D eigenvalue weighted by atomic mass is 10.00. The third-order valence-corrected chi connectivity index (χ3v) is 19.0. The van der Waals surface area contributed by atoms with Crippen molar-refractivity contribution in [1.82, 2.24) is 14.3 Å². The first-order valence-corrected chi connectivity index (χ1v) is 28.1. The highest BCUT2D eigenvalue weighted by molar-refractivity contribution is 7.89. The normalized spacial score (nSPS) is 20.4. The fourth-order valence-electron chi connectivity index (χ4n) is 6.58. The standard InChI is InChI=1S/C41H58ClN3O9SSi2/c1-41(2,3)57(7,8)54-37-26-52-38-36(25-51-39(37)38)53-40-44-34-23-32(33(42)24-35(34)45(40)27-50-21-22-56(4,5)6)30-11-9-28(10-12-30)29-13-15-31(16-14-29)55(47,48)43-17-19-49-20-18-46/h9-16,23-24,36-39,43,46H,17-22,25-27H2,1-8H3/t36-,37?,38-,39-/m1/s1. The summed E-state index contributed by atoms with van der Waals surface area (Å²) in [5.41, 5.74) is 5.02. The topological polar surface area (TPSA) is 140 Å². The van der Waals surface area contributed by atoms with Gasteiger partial charge in [0.25, 0.3) is 6.01 Å². The quantitative estimate of drug-likeness (QED) is 0.0762. The maximum Gasteiger partial charge on any atom is 0.299 e. The Morgan fingerprint density at radius 3 is 2.12 bits per heavy atom. The smallest absolute Gasteiger partial charge is 0.299 e. The summed E-state index contributed by atoms with van der Waals surface area (Å²) in [6.07, 6.45) is -1.01. The summed E-state index contributed by atoms with van der Waals surface area (Å²) in [7, 11) is -7.04. The number of aliphatic hydroxyl groups is 1. The number of hydrogen-bond donors (Lipinski definition) is 2. The van der Waals surface area contributed by atoms with Gasteiger partial charge in [-0.3, -0.25) is 4.57 Å². The molecule has 0 saturated carbocycles. The minimum atomic E-state index is -3.70. The lowest BCUT2D eigenvalue weighted by Crippen LogP contribution is -2.47. The number of imidazole rings is 1. The molecule has 2 fully saturated rings. The minimum Gasteiger partial charge on any atom is -0.456 e. The first-order chi connectivity index (χ1) is 26.9. The molecule has 2 aliphatic heterocycles. The maximum atomic E-state index is 12.7. The lowest BCUT2D eigenvalue weighted by molar-refractivity contribution is 0.00692. The summed E-state index contributed by atoms with van der Waals surface area (Å²) in [4.78, 5) is 5.14. The van der Waals surface area contributed by atoms with Gasteiger partial charge in [-0.25, -0.2) is 13.1 Å². The monoisotopic (exact) mass is 859 g/mol. The van der Waals surface area contributed by atoms with Crippen molar-refractivity contribution < 1.29 is 41.6 Å². The number of benzene rings is 3. The van der Waals surface area contributed by atoms with Crippen molar-refractivity contribution in [2.45, 2.75) is 101 Å². The highest BCUT2D eigenvalue weighted by Gasteiger charge is 2.52. The van der Waals surface area contributed by atoms with Crippen LogP contribution in [0.15, 0.2) is 65.6 Å². The van der Waals surface area contributed by atoms with Crippen LogP contribution in [0.1, 0.15) is 20.8 Å². The molecule has 2 saturated heterocycles. The molecule has 12 nitrogen and oxygen atoms in total. The van der Waals surface area contributed by atoms with Gasteiger partial charge in [0, 0.05) is 26.8 Å². The second-order valence-corrected chi connectivity index (χ2v) is 30.0. The van der Waals surface area contributed by atoms with E-state index < -0.39 is 26.4 Å². The molecule has 3 aromatic carbocycles. The third-order valence-electron chi connectivity index (χ3n) is 11.0. The van der Waals surface area contributed by atoms with E-state index in [0.29, 0.717) is 30.9 Å². The summed E-state index contributed by atoms with van der Waals surface area (Å²) < 4.78 is 67.2. The first-order valence-electron chi connectivity index (χ1n) is 19.6. The van der Waals surface area contributed by atoms with Crippen molar-refractivity contribution in [2.75, 3.05) is 46.2 Å². The molecule has 16 heteroatoms. The number of sulfonamides is 1. The van der Waals surface area contributed by atoms with Crippen molar-refractivity contribution >= 4 is 49.0 Å². The Balaban J connectivity index is 1.20. The van der Waals surface area contributed by atoms with E-state index in [1.807, 2.05) is 41.0 Å². The zero-order valence-electron chi connectivity index (χ0n) is 34.3. The zero-order valence-corrected chi connectivity index (χ0v) is 37.9. The van der Waals surface area contributed by atoms with E-state index in [1.165, 1.54) is 0 Å². The fraction of sp³-hybridized carbons (Fsp3) is 0.537. The summed E-state index contributed by atoms with van der Waals surface area (Å²) >= 11 is 7.01. The molecule has 0 aliphatic carbocycles. The number of fused-ring (bicyclic) bond motifs is 2. The van der Waals surface area contributed by atoms with Gasteiger partial charge in [0.05, 0.1) is 60.1 Å². The molecule has 57 heavy (non-hydrogen) atoms. The van der Waals surface area contributed by atoms with Crippen molar-refractivity contribution in [3.8, 4) is 28.3 Å². The van der Waals surface area contributed by atoms with Crippen LogP contribution in [0.5, 0.6) is 6.01 Å². The van der Waals surface area contributed by atoms with Crippen LogP contribution in [0.25, 0.3) is 33.3 Å². The molecule has 1 unspecified atom stereocenters. The van der Waals surface area contributed by atoms with Gasteiger partial charge in [-0.15, -0.1) is 0 Å². The van der Waals surface area contributed by atoms with Gasteiger partial charge in [0.1, 0.15) is 18.9 Å². The molecule has 4 aromatic rings. The van der Waals surface area contributed by atoms with E-state index >= 15 is 0 Å². The van der Waals surface area contributed by atoms with Crippen LogP contribution < -0.4 is 9.46 Å². The molecule has 2 N–H and O–H groups in total. The van der Waals surface area contributed by atoms with Gasteiger partial charge >= 0.3 is 0 Å². The Morgan fingerprint density at radius 2 is 1.49 bits per heavy atom. The fourth-order valence-corrected chi connectivity index (χ4v) is 9.93. The summed E-state index contributed by atoms with van der Waals surface area (Å²) in [5.74, 6) is 0. The molecule has 1 aromatic heterocycles. The molecule has 3 heterocycles. The zero-order chi connectivity index (χ0) is 41.2. The Kier molecular flexibility index (Phi) is 13.8. The Bertz CT molecular complexity index is 2090. The number of halogens is 1. The van der Waals surface area contributed by atoms with E-state index in [0.717, 1.165) is 39.3 Å².